The fourth-order valence-electron chi connectivity index (χ4n) is 10.1. The molecule has 308 valence electrons. The fraction of sp³-hybridized carbons (Fsp3) is 0.0323. The van der Waals surface area contributed by atoms with E-state index in [9.17, 15) is 0 Å². The Labute approximate surface area is 379 Å². The van der Waals surface area contributed by atoms with E-state index in [1.54, 1.807) is 0 Å². The smallest absolute Gasteiger partial charge is 0.0619 e. The average molecular weight is 832 g/mol. The lowest BCUT2D eigenvalue weighted by atomic mass is 9.94. The minimum atomic E-state index is 1.11. The van der Waals surface area contributed by atoms with Crippen LogP contribution in [0.5, 0.6) is 0 Å². The molecule has 12 rings (SSSR count). The third-order valence-electron chi connectivity index (χ3n) is 13.2. The molecule has 0 fully saturated rings. The number of nitrogens with zero attached hydrogens (tertiary/aromatic N) is 3. The van der Waals surface area contributed by atoms with E-state index in [0.717, 1.165) is 39.6 Å². The molecule has 0 unspecified atom stereocenters. The van der Waals surface area contributed by atoms with Gasteiger partial charge in [0.2, 0.25) is 0 Å². The number of aromatic nitrogens is 2. The zero-order valence-corrected chi connectivity index (χ0v) is 36.4. The van der Waals surface area contributed by atoms with Gasteiger partial charge in [-0.25, -0.2) is 0 Å². The van der Waals surface area contributed by atoms with Gasteiger partial charge in [-0.1, -0.05) is 146 Å². The molecule has 0 radical (unpaired) electrons. The maximum Gasteiger partial charge on any atom is 0.0619 e. The van der Waals surface area contributed by atoms with Crippen LogP contribution in [-0.4, -0.2) is 9.13 Å². The van der Waals surface area contributed by atoms with Crippen molar-refractivity contribution in [1.82, 2.24) is 9.13 Å². The molecule has 65 heavy (non-hydrogen) atoms. The number of hydrogen-bond acceptors (Lipinski definition) is 1. The first kappa shape index (κ1) is 38.3. The van der Waals surface area contributed by atoms with Crippen LogP contribution in [0, 0.1) is 13.8 Å². The lowest BCUT2D eigenvalue weighted by molar-refractivity contribution is 1.17. The average Bonchev–Trinajstić information content (AvgIpc) is 3.88. The molecule has 0 N–H and O–H groups in total. The fourth-order valence-corrected chi connectivity index (χ4v) is 10.1. The molecule has 0 amide bonds. The van der Waals surface area contributed by atoms with Crippen molar-refractivity contribution in [3.63, 3.8) is 0 Å². The number of benzene rings is 10. The summed E-state index contributed by atoms with van der Waals surface area (Å²) in [6.07, 6.45) is 0. The van der Waals surface area contributed by atoms with E-state index in [-0.39, 0.29) is 0 Å². The molecule has 0 saturated heterocycles. The van der Waals surface area contributed by atoms with E-state index in [0.29, 0.717) is 0 Å². The highest BCUT2D eigenvalue weighted by molar-refractivity contribution is 6.15. The molecule has 3 nitrogen and oxygen atoms in total. The Hall–Kier alpha value is -8.40. The largest absolute Gasteiger partial charge is 0.311 e. The van der Waals surface area contributed by atoms with Crippen LogP contribution in [0.2, 0.25) is 0 Å². The Morgan fingerprint density at radius 2 is 0.769 bits per heavy atom. The monoisotopic (exact) mass is 831 g/mol. The van der Waals surface area contributed by atoms with Gasteiger partial charge in [0, 0.05) is 55.5 Å². The molecule has 2 heterocycles. The molecule has 10 aromatic carbocycles. The van der Waals surface area contributed by atoms with Crippen molar-refractivity contribution in [3.8, 4) is 44.8 Å². The standard InChI is InChI=1S/C62H45N3/c1-42-17-9-10-22-52(42)53-38-37-51(39-43(53)2)65-61-28-16-13-25-56(61)58-41-46(44-29-33-49(34-30-44)63(47-18-5-3-6-19-47)48-20-7-4-8-21-48)40-57(62(58)65)45-31-35-50(36-32-45)64-59-26-14-11-23-54(59)55-24-12-15-27-60(55)64/h3-41H,1-2H3. The van der Waals surface area contributed by atoms with Gasteiger partial charge < -0.3 is 14.0 Å². The van der Waals surface area contributed by atoms with Crippen LogP contribution < -0.4 is 4.90 Å². The van der Waals surface area contributed by atoms with E-state index in [4.69, 9.17) is 0 Å². The topological polar surface area (TPSA) is 13.1 Å². The summed E-state index contributed by atoms with van der Waals surface area (Å²) in [5.41, 5.74) is 20.2. The van der Waals surface area contributed by atoms with Crippen molar-refractivity contribution in [1.29, 1.82) is 0 Å². The van der Waals surface area contributed by atoms with Crippen LogP contribution in [0.15, 0.2) is 237 Å². The number of hydrogen-bond donors (Lipinski definition) is 0. The lowest BCUT2D eigenvalue weighted by Gasteiger charge is -2.25. The van der Waals surface area contributed by atoms with Gasteiger partial charge in [0.25, 0.3) is 0 Å². The second-order valence-electron chi connectivity index (χ2n) is 17.1. The third kappa shape index (κ3) is 6.51. The number of fused-ring (bicyclic) bond motifs is 6. The molecule has 3 heteroatoms. The Morgan fingerprint density at radius 1 is 0.292 bits per heavy atom. The number of anilines is 3. The van der Waals surface area contributed by atoms with Crippen molar-refractivity contribution in [2.45, 2.75) is 13.8 Å². The van der Waals surface area contributed by atoms with Crippen molar-refractivity contribution < 1.29 is 0 Å². The lowest BCUT2D eigenvalue weighted by Crippen LogP contribution is -2.09. The minimum Gasteiger partial charge on any atom is -0.311 e. The predicted molar refractivity (Wildman–Crippen MR) is 276 cm³/mol. The molecular formula is C62H45N3. The molecule has 0 aliphatic heterocycles. The summed E-state index contributed by atoms with van der Waals surface area (Å²) in [5, 5.41) is 4.97. The molecular weight excluding hydrogens is 787 g/mol. The second-order valence-corrected chi connectivity index (χ2v) is 17.1. The first-order valence-electron chi connectivity index (χ1n) is 22.4. The van der Waals surface area contributed by atoms with Gasteiger partial charge in [-0.15, -0.1) is 0 Å². The molecule has 0 aliphatic carbocycles. The van der Waals surface area contributed by atoms with Gasteiger partial charge in [-0.05, 0) is 144 Å². The summed E-state index contributed by atoms with van der Waals surface area (Å²) in [6.45, 7) is 4.44. The van der Waals surface area contributed by atoms with E-state index < -0.39 is 0 Å². The summed E-state index contributed by atoms with van der Waals surface area (Å²) >= 11 is 0. The maximum atomic E-state index is 2.49. The predicted octanol–water partition coefficient (Wildman–Crippen LogP) is 17.0. The van der Waals surface area contributed by atoms with Crippen LogP contribution in [-0.2, 0) is 0 Å². The maximum absolute atomic E-state index is 2.49. The van der Waals surface area contributed by atoms with Crippen molar-refractivity contribution in [2.24, 2.45) is 0 Å². The van der Waals surface area contributed by atoms with Crippen molar-refractivity contribution in [2.75, 3.05) is 4.90 Å². The Balaban J connectivity index is 1.06. The molecule has 0 aliphatic rings. The summed E-state index contributed by atoms with van der Waals surface area (Å²) in [6, 6.07) is 86.2. The highest BCUT2D eigenvalue weighted by atomic mass is 15.1. The van der Waals surface area contributed by atoms with Crippen molar-refractivity contribution in [3.05, 3.63) is 248 Å². The normalized spacial score (nSPS) is 11.5. The van der Waals surface area contributed by atoms with Gasteiger partial charge in [0.05, 0.1) is 22.1 Å². The summed E-state index contributed by atoms with van der Waals surface area (Å²) in [7, 11) is 0. The summed E-state index contributed by atoms with van der Waals surface area (Å²) < 4.78 is 4.88. The number of para-hydroxylation sites is 5. The van der Waals surface area contributed by atoms with Crippen LogP contribution in [0.4, 0.5) is 17.1 Å². The highest BCUT2D eigenvalue weighted by Gasteiger charge is 2.21. The zero-order valence-electron chi connectivity index (χ0n) is 36.4. The van der Waals surface area contributed by atoms with Gasteiger partial charge in [0.15, 0.2) is 0 Å². The molecule has 0 bridgehead atoms. The first-order chi connectivity index (χ1) is 32.1. The first-order valence-corrected chi connectivity index (χ1v) is 22.4. The van der Waals surface area contributed by atoms with Crippen LogP contribution in [0.3, 0.4) is 0 Å². The third-order valence-corrected chi connectivity index (χ3v) is 13.2. The van der Waals surface area contributed by atoms with E-state index in [2.05, 4.69) is 264 Å². The van der Waals surface area contributed by atoms with E-state index in [1.165, 1.54) is 77.0 Å². The van der Waals surface area contributed by atoms with E-state index >= 15 is 0 Å². The Bertz CT molecular complexity index is 3620. The Kier molecular flexibility index (Phi) is 9.28. The number of rotatable bonds is 8. The van der Waals surface area contributed by atoms with Crippen LogP contribution in [0.25, 0.3) is 88.4 Å². The van der Waals surface area contributed by atoms with Gasteiger partial charge in [0.1, 0.15) is 0 Å². The molecule has 0 saturated carbocycles. The van der Waals surface area contributed by atoms with E-state index in [1.807, 2.05) is 0 Å². The summed E-state index contributed by atoms with van der Waals surface area (Å²) in [5.74, 6) is 0. The quantitative estimate of drug-likeness (QED) is 0.149. The molecule has 0 spiro atoms. The SMILES string of the molecule is Cc1ccccc1-c1ccc(-n2c3ccccc3c3cc(-c4ccc(N(c5ccccc5)c5ccccc5)cc4)cc(-c4ccc(-n5c6ccccc6c6ccccc65)cc4)c32)cc1C. The number of aryl methyl sites for hydroxylation is 2. The second kappa shape index (κ2) is 15.7. The zero-order chi connectivity index (χ0) is 43.4. The molecule has 0 atom stereocenters. The van der Waals surface area contributed by atoms with Crippen LogP contribution in [0.1, 0.15) is 11.1 Å². The molecule has 12 aromatic rings. The highest BCUT2D eigenvalue weighted by Crippen LogP contribution is 2.43. The van der Waals surface area contributed by atoms with Crippen LogP contribution >= 0.6 is 0 Å². The molecule has 2 aromatic heterocycles. The van der Waals surface area contributed by atoms with Crippen molar-refractivity contribution >= 4 is 60.7 Å². The minimum absolute atomic E-state index is 1.11. The summed E-state index contributed by atoms with van der Waals surface area (Å²) in [4.78, 5) is 2.32. The Morgan fingerprint density at radius 3 is 1.37 bits per heavy atom. The van der Waals surface area contributed by atoms with Gasteiger partial charge in [-0.3, -0.25) is 0 Å². The van der Waals surface area contributed by atoms with Gasteiger partial charge in [-0.2, -0.15) is 0 Å². The van der Waals surface area contributed by atoms with Gasteiger partial charge >= 0.3 is 0 Å².